The average Bonchev–Trinajstić information content (AvgIpc) is 3.13. The molecule has 158 valence electrons. The molecule has 1 aromatic carbocycles. The van der Waals surface area contributed by atoms with Crippen LogP contribution >= 0.6 is 0 Å². The van der Waals surface area contributed by atoms with Gasteiger partial charge in [0.1, 0.15) is 5.78 Å². The molecule has 0 spiro atoms. The molecular weight excluding hydrogens is 372 g/mol. The van der Waals surface area contributed by atoms with Crippen LogP contribution in [0.25, 0.3) is 21.9 Å². The van der Waals surface area contributed by atoms with Crippen molar-refractivity contribution in [3.05, 3.63) is 48.5 Å². The van der Waals surface area contributed by atoms with Gasteiger partial charge in [0.05, 0.1) is 6.20 Å². The number of pyridine rings is 1. The lowest BCUT2D eigenvalue weighted by molar-refractivity contribution is -0.123. The molecule has 2 aromatic heterocycles. The summed E-state index contributed by atoms with van der Waals surface area (Å²) in [7, 11) is 1.92. The van der Waals surface area contributed by atoms with E-state index in [1.165, 1.54) is 0 Å². The minimum atomic E-state index is 0.167. The molecule has 5 nitrogen and oxygen atoms in total. The molecule has 0 saturated carbocycles. The summed E-state index contributed by atoms with van der Waals surface area (Å²) in [6.07, 6.45) is 8.13. The van der Waals surface area contributed by atoms with E-state index in [9.17, 15) is 4.79 Å². The Bertz CT molecular complexity index is 1040. The lowest BCUT2D eigenvalue weighted by Crippen LogP contribution is -2.40. The lowest BCUT2D eigenvalue weighted by atomic mass is 9.88. The number of aryl methyl sites for hydroxylation is 1. The van der Waals surface area contributed by atoms with E-state index in [1.54, 1.807) is 0 Å². The van der Waals surface area contributed by atoms with Crippen LogP contribution in [0.4, 0.5) is 0 Å². The minimum Gasteiger partial charge on any atom is -0.303 e. The van der Waals surface area contributed by atoms with Gasteiger partial charge in [0.25, 0.3) is 0 Å². The van der Waals surface area contributed by atoms with Crippen LogP contribution in [-0.4, -0.2) is 45.1 Å². The molecule has 0 amide bonds. The third kappa shape index (κ3) is 4.96. The summed E-state index contributed by atoms with van der Waals surface area (Å²) in [5.41, 5.74) is 3.40. The maximum absolute atomic E-state index is 12.9. The number of hydrogen-bond acceptors (Lipinski definition) is 4. The Balaban J connectivity index is 1.43. The van der Waals surface area contributed by atoms with Gasteiger partial charge in [-0.15, -0.1) is 0 Å². The summed E-state index contributed by atoms with van der Waals surface area (Å²) in [6.45, 7) is 9.96. The molecule has 0 bridgehead atoms. The number of rotatable bonds is 5. The van der Waals surface area contributed by atoms with Gasteiger partial charge in [0.15, 0.2) is 0 Å². The van der Waals surface area contributed by atoms with E-state index in [0.717, 1.165) is 60.1 Å². The largest absolute Gasteiger partial charge is 0.303 e. The summed E-state index contributed by atoms with van der Waals surface area (Å²) >= 11 is 0. The molecule has 1 saturated heterocycles. The van der Waals surface area contributed by atoms with Crippen molar-refractivity contribution >= 4 is 16.6 Å². The lowest BCUT2D eigenvalue weighted by Gasteiger charge is -2.35. The molecule has 5 heteroatoms. The smallest absolute Gasteiger partial charge is 0.142 e. The number of nitrogens with zero attached hydrogens (tertiary/aromatic N) is 4. The highest BCUT2D eigenvalue weighted by molar-refractivity contribution is 5.88. The second-order valence-corrected chi connectivity index (χ2v) is 9.89. The first-order valence-electron chi connectivity index (χ1n) is 10.9. The van der Waals surface area contributed by atoms with Crippen LogP contribution < -0.4 is 0 Å². The molecular formula is C25H32N4O. The molecule has 0 atom stereocenters. The van der Waals surface area contributed by atoms with E-state index in [0.29, 0.717) is 17.6 Å². The fraction of sp³-hybridized carbons (Fsp3) is 0.480. The van der Waals surface area contributed by atoms with Crippen LogP contribution in [0.3, 0.4) is 0 Å². The summed E-state index contributed by atoms with van der Waals surface area (Å²) in [6, 6.07) is 8.41. The Morgan fingerprint density at radius 2 is 1.83 bits per heavy atom. The van der Waals surface area contributed by atoms with Gasteiger partial charge >= 0.3 is 0 Å². The number of benzene rings is 1. The van der Waals surface area contributed by atoms with Gasteiger partial charge in [-0.05, 0) is 54.4 Å². The van der Waals surface area contributed by atoms with Gasteiger partial charge in [0, 0.05) is 55.0 Å². The van der Waals surface area contributed by atoms with Crippen LogP contribution in [0.2, 0.25) is 0 Å². The number of ketones is 1. The van der Waals surface area contributed by atoms with Crippen LogP contribution in [0.15, 0.2) is 42.9 Å². The number of aromatic nitrogens is 3. The molecule has 1 aliphatic rings. The molecule has 1 fully saturated rings. The molecule has 4 rings (SSSR count). The van der Waals surface area contributed by atoms with Crippen LogP contribution in [0.1, 0.15) is 39.3 Å². The van der Waals surface area contributed by atoms with E-state index in [1.807, 2.05) is 30.3 Å². The van der Waals surface area contributed by atoms with E-state index in [2.05, 4.69) is 60.0 Å². The maximum atomic E-state index is 12.9. The first kappa shape index (κ1) is 20.7. The van der Waals surface area contributed by atoms with Gasteiger partial charge in [-0.1, -0.05) is 32.9 Å². The molecule has 0 radical (unpaired) electrons. The van der Waals surface area contributed by atoms with Crippen molar-refractivity contribution in [1.82, 2.24) is 19.7 Å². The standard InChI is InChI=1S/C25H32N4O/c1-25(2,3)17-29-9-7-18(8-10-29)24(30)13-23-12-21-11-19(5-6-20(21)14-26-23)22-15-27-28(4)16-22/h5-6,11-12,14-16,18H,7-10,13,17H2,1-4H3. The minimum absolute atomic E-state index is 0.167. The van der Waals surface area contributed by atoms with Crippen LogP contribution in [-0.2, 0) is 18.3 Å². The monoisotopic (exact) mass is 404 g/mol. The van der Waals surface area contributed by atoms with E-state index >= 15 is 0 Å². The van der Waals surface area contributed by atoms with Gasteiger partial charge in [0.2, 0.25) is 0 Å². The third-order valence-corrected chi connectivity index (χ3v) is 5.91. The number of likely N-dealkylation sites (tertiary alicyclic amines) is 1. The van der Waals surface area contributed by atoms with Crippen molar-refractivity contribution in [2.24, 2.45) is 18.4 Å². The fourth-order valence-corrected chi connectivity index (χ4v) is 4.44. The van der Waals surface area contributed by atoms with Crippen LogP contribution in [0, 0.1) is 11.3 Å². The Morgan fingerprint density at radius 1 is 1.07 bits per heavy atom. The van der Waals surface area contributed by atoms with Crippen molar-refractivity contribution in [3.63, 3.8) is 0 Å². The highest BCUT2D eigenvalue weighted by Gasteiger charge is 2.27. The number of piperidine rings is 1. The molecule has 3 heterocycles. The number of carbonyl (C=O) groups is 1. The summed E-state index contributed by atoms with van der Waals surface area (Å²) in [5.74, 6) is 0.501. The molecule has 0 N–H and O–H groups in total. The summed E-state index contributed by atoms with van der Waals surface area (Å²) in [4.78, 5) is 20.0. The van der Waals surface area contributed by atoms with Gasteiger partial charge in [-0.2, -0.15) is 5.10 Å². The van der Waals surface area contributed by atoms with E-state index in [4.69, 9.17) is 0 Å². The van der Waals surface area contributed by atoms with Gasteiger partial charge in [-0.25, -0.2) is 0 Å². The highest BCUT2D eigenvalue weighted by Crippen LogP contribution is 2.26. The van der Waals surface area contributed by atoms with Crippen molar-refractivity contribution in [2.75, 3.05) is 19.6 Å². The normalized spacial score (nSPS) is 16.3. The number of hydrogen-bond donors (Lipinski definition) is 0. The number of carbonyl (C=O) groups excluding carboxylic acids is 1. The zero-order valence-electron chi connectivity index (χ0n) is 18.6. The Kier molecular flexibility index (Phi) is 5.74. The predicted molar refractivity (Wildman–Crippen MR) is 121 cm³/mol. The SMILES string of the molecule is Cn1cc(-c2ccc3cnc(CC(=O)C4CCN(CC(C)(C)C)CC4)cc3c2)cn1. The van der Waals surface area contributed by atoms with Crippen molar-refractivity contribution in [1.29, 1.82) is 0 Å². The van der Waals surface area contributed by atoms with Crippen molar-refractivity contribution in [2.45, 2.75) is 40.0 Å². The molecule has 30 heavy (non-hydrogen) atoms. The highest BCUT2D eigenvalue weighted by atomic mass is 16.1. The third-order valence-electron chi connectivity index (χ3n) is 5.91. The van der Waals surface area contributed by atoms with Crippen LogP contribution in [0.5, 0.6) is 0 Å². The zero-order chi connectivity index (χ0) is 21.3. The molecule has 0 unspecified atom stereocenters. The topological polar surface area (TPSA) is 51.0 Å². The maximum Gasteiger partial charge on any atom is 0.142 e. The Morgan fingerprint density at radius 3 is 2.50 bits per heavy atom. The number of fused-ring (bicyclic) bond motifs is 1. The molecule has 0 aliphatic carbocycles. The van der Waals surface area contributed by atoms with Crippen molar-refractivity contribution < 1.29 is 4.79 Å². The summed E-state index contributed by atoms with van der Waals surface area (Å²) < 4.78 is 1.81. The average molecular weight is 405 g/mol. The number of Topliss-reactive ketones (excluding diaryl/α,β-unsaturated/α-hetero) is 1. The first-order chi connectivity index (χ1) is 14.3. The predicted octanol–water partition coefficient (Wildman–Crippen LogP) is 4.51. The Labute approximate surface area is 179 Å². The zero-order valence-corrected chi connectivity index (χ0v) is 18.6. The van der Waals surface area contributed by atoms with Gasteiger partial charge in [-0.3, -0.25) is 14.5 Å². The van der Waals surface area contributed by atoms with Gasteiger partial charge < -0.3 is 4.90 Å². The van der Waals surface area contributed by atoms with Crippen molar-refractivity contribution in [3.8, 4) is 11.1 Å². The quantitative estimate of drug-likeness (QED) is 0.628. The Hall–Kier alpha value is -2.53. The van der Waals surface area contributed by atoms with E-state index < -0.39 is 0 Å². The summed E-state index contributed by atoms with van der Waals surface area (Å²) in [5, 5.41) is 6.47. The van der Waals surface area contributed by atoms with E-state index in [-0.39, 0.29) is 5.92 Å². The molecule has 1 aliphatic heterocycles. The molecule has 3 aromatic rings. The second-order valence-electron chi connectivity index (χ2n) is 9.89. The second kappa shape index (κ2) is 8.31. The fourth-order valence-electron chi connectivity index (χ4n) is 4.44. The first-order valence-corrected chi connectivity index (χ1v) is 10.9.